The van der Waals surface area contributed by atoms with Crippen LogP contribution in [0.1, 0.15) is 17.3 Å². The molecule has 0 saturated heterocycles. The highest BCUT2D eigenvalue weighted by atomic mass is 35.5. The van der Waals surface area contributed by atoms with Crippen molar-refractivity contribution in [2.24, 2.45) is 0 Å². The van der Waals surface area contributed by atoms with Crippen molar-refractivity contribution in [3.8, 4) is 11.3 Å². The van der Waals surface area contributed by atoms with Gasteiger partial charge in [-0.25, -0.2) is 19.3 Å². The Hall–Kier alpha value is -3.32. The summed E-state index contributed by atoms with van der Waals surface area (Å²) in [7, 11) is 0. The summed E-state index contributed by atoms with van der Waals surface area (Å²) in [6.45, 7) is 2.12. The fourth-order valence-corrected chi connectivity index (χ4v) is 2.85. The Bertz CT molecular complexity index is 1080. The van der Waals surface area contributed by atoms with Crippen molar-refractivity contribution in [3.05, 3.63) is 65.4 Å². The second-order valence-corrected chi connectivity index (χ2v) is 6.20. The lowest BCUT2D eigenvalue weighted by atomic mass is 10.1. The molecule has 0 fully saturated rings. The zero-order valence-electron chi connectivity index (χ0n) is 14.4. The zero-order chi connectivity index (χ0) is 18.8. The number of carbonyl (C=O) groups excluding carboxylic acids is 1. The molecule has 2 aromatic carbocycles. The van der Waals surface area contributed by atoms with Gasteiger partial charge >= 0.3 is 5.97 Å². The fourth-order valence-electron chi connectivity index (χ4n) is 2.73. The molecule has 0 saturated carbocycles. The standard InChI is InChI=1S/C19H16ClN5O2/c1-2-27-18(26)13-5-9-15(10-6-13)23-17-16(12-3-7-14(20)8-4-12)24-19-21-11-22-25(17)19/h3-11,23H,2H2,1H3,(H,21,22,24). The number of halogens is 1. The first-order chi connectivity index (χ1) is 13.2. The molecule has 0 bridgehead atoms. The van der Waals surface area contributed by atoms with Crippen molar-refractivity contribution in [2.75, 3.05) is 11.9 Å². The molecule has 27 heavy (non-hydrogen) atoms. The zero-order valence-corrected chi connectivity index (χ0v) is 15.2. The molecule has 136 valence electrons. The summed E-state index contributed by atoms with van der Waals surface area (Å²) in [5.74, 6) is 0.936. The molecule has 0 radical (unpaired) electrons. The van der Waals surface area contributed by atoms with E-state index in [4.69, 9.17) is 16.3 Å². The Morgan fingerprint density at radius 2 is 1.93 bits per heavy atom. The third-order valence-corrected chi connectivity index (χ3v) is 4.25. The molecule has 0 aliphatic carbocycles. The molecular formula is C19H16ClN5O2. The largest absolute Gasteiger partial charge is 0.462 e. The van der Waals surface area contributed by atoms with E-state index >= 15 is 0 Å². The Morgan fingerprint density at radius 3 is 2.63 bits per heavy atom. The van der Waals surface area contributed by atoms with Gasteiger partial charge in [0.2, 0.25) is 0 Å². The van der Waals surface area contributed by atoms with Crippen LogP contribution in [0.4, 0.5) is 11.5 Å². The van der Waals surface area contributed by atoms with Gasteiger partial charge in [-0.3, -0.25) is 5.10 Å². The van der Waals surface area contributed by atoms with Crippen LogP contribution in [0.25, 0.3) is 17.0 Å². The Balaban J connectivity index is 1.69. The number of nitrogens with zero attached hydrogens (tertiary/aromatic N) is 3. The highest BCUT2D eigenvalue weighted by Gasteiger charge is 2.16. The number of anilines is 2. The van der Waals surface area contributed by atoms with E-state index in [1.807, 2.05) is 36.4 Å². The van der Waals surface area contributed by atoms with E-state index in [0.717, 1.165) is 22.8 Å². The van der Waals surface area contributed by atoms with Crippen molar-refractivity contribution in [1.29, 1.82) is 0 Å². The minimum absolute atomic E-state index is 0.341. The summed E-state index contributed by atoms with van der Waals surface area (Å²) < 4.78 is 6.76. The molecule has 4 rings (SSSR count). The maximum Gasteiger partial charge on any atom is 0.338 e. The first-order valence-corrected chi connectivity index (χ1v) is 8.75. The second-order valence-electron chi connectivity index (χ2n) is 5.76. The van der Waals surface area contributed by atoms with Crippen LogP contribution in [0, 0.1) is 0 Å². The number of rotatable bonds is 5. The van der Waals surface area contributed by atoms with Gasteiger partial charge in [0.05, 0.1) is 12.2 Å². The van der Waals surface area contributed by atoms with Gasteiger partial charge in [0.25, 0.3) is 5.78 Å². The van der Waals surface area contributed by atoms with Gasteiger partial charge in [0, 0.05) is 16.3 Å². The predicted octanol–water partition coefficient (Wildman–Crippen LogP) is 4.30. The van der Waals surface area contributed by atoms with Crippen LogP contribution in [0.3, 0.4) is 0 Å². The Morgan fingerprint density at radius 1 is 1.19 bits per heavy atom. The topological polar surface area (TPSA) is 84.3 Å². The maximum absolute atomic E-state index is 11.8. The molecule has 0 aliphatic heterocycles. The number of H-pyrrole nitrogens is 1. The number of aromatic amines is 1. The summed E-state index contributed by atoms with van der Waals surface area (Å²) in [6.07, 6.45) is 1.57. The van der Waals surface area contributed by atoms with Gasteiger partial charge in [0.15, 0.2) is 5.82 Å². The van der Waals surface area contributed by atoms with Crippen molar-refractivity contribution >= 4 is 34.9 Å². The van der Waals surface area contributed by atoms with Crippen LogP contribution in [-0.2, 0) is 4.74 Å². The first-order valence-electron chi connectivity index (χ1n) is 8.37. The molecule has 8 heteroatoms. The number of esters is 1. The van der Waals surface area contributed by atoms with Crippen molar-refractivity contribution in [1.82, 2.24) is 19.6 Å². The summed E-state index contributed by atoms with van der Waals surface area (Å²) in [4.78, 5) is 20.6. The number of fused-ring (bicyclic) bond motifs is 1. The van der Waals surface area contributed by atoms with Crippen LogP contribution in [0.5, 0.6) is 0 Å². The average Bonchev–Trinajstić information content (AvgIpc) is 3.26. The maximum atomic E-state index is 11.8. The van der Waals surface area contributed by atoms with Gasteiger partial charge in [-0.15, -0.1) is 0 Å². The first kappa shape index (κ1) is 17.1. The van der Waals surface area contributed by atoms with Crippen molar-refractivity contribution in [3.63, 3.8) is 0 Å². The summed E-state index contributed by atoms with van der Waals surface area (Å²) in [5.41, 5.74) is 2.94. The summed E-state index contributed by atoms with van der Waals surface area (Å²) in [6, 6.07) is 14.5. The van der Waals surface area contributed by atoms with E-state index in [1.165, 1.54) is 0 Å². The third-order valence-electron chi connectivity index (χ3n) is 4.00. The average molecular weight is 382 g/mol. The molecule has 0 amide bonds. The monoisotopic (exact) mass is 381 g/mol. The number of benzene rings is 2. The van der Waals surface area contributed by atoms with Crippen LogP contribution in [0.15, 0.2) is 54.9 Å². The summed E-state index contributed by atoms with van der Waals surface area (Å²) in [5, 5.41) is 7.03. The highest BCUT2D eigenvalue weighted by Crippen LogP contribution is 2.31. The summed E-state index contributed by atoms with van der Waals surface area (Å²) >= 11 is 5.99. The SMILES string of the molecule is CCOC(=O)c1ccc(Nc2c(-c3ccc(Cl)cc3)nc3nc[nH]n23)cc1. The lowest BCUT2D eigenvalue weighted by molar-refractivity contribution is 0.0526. The predicted molar refractivity (Wildman–Crippen MR) is 103 cm³/mol. The van der Waals surface area contributed by atoms with E-state index in [0.29, 0.717) is 23.0 Å². The van der Waals surface area contributed by atoms with E-state index in [-0.39, 0.29) is 5.97 Å². The van der Waals surface area contributed by atoms with Gasteiger partial charge in [-0.05, 0) is 43.3 Å². The number of hydrogen-bond donors (Lipinski definition) is 2. The van der Waals surface area contributed by atoms with E-state index < -0.39 is 0 Å². The molecule has 2 N–H and O–H groups in total. The third kappa shape index (κ3) is 3.37. The Labute approximate surface area is 160 Å². The normalized spacial score (nSPS) is 10.9. The molecule has 7 nitrogen and oxygen atoms in total. The van der Waals surface area contributed by atoms with Crippen molar-refractivity contribution in [2.45, 2.75) is 6.92 Å². The number of imidazole rings is 1. The molecule has 0 spiro atoms. The van der Waals surface area contributed by atoms with E-state index in [1.54, 1.807) is 29.9 Å². The molecule has 2 aromatic heterocycles. The van der Waals surface area contributed by atoms with Gasteiger partial charge in [-0.1, -0.05) is 23.7 Å². The lowest BCUT2D eigenvalue weighted by Gasteiger charge is -2.09. The van der Waals surface area contributed by atoms with Gasteiger partial charge < -0.3 is 10.1 Å². The van der Waals surface area contributed by atoms with Crippen LogP contribution >= 0.6 is 11.6 Å². The molecule has 0 aliphatic rings. The van der Waals surface area contributed by atoms with Gasteiger partial charge in [0.1, 0.15) is 12.0 Å². The lowest BCUT2D eigenvalue weighted by Crippen LogP contribution is -2.04. The Kier molecular flexibility index (Phi) is 4.52. The molecule has 0 atom stereocenters. The van der Waals surface area contributed by atoms with Crippen LogP contribution < -0.4 is 5.32 Å². The smallest absolute Gasteiger partial charge is 0.338 e. The van der Waals surface area contributed by atoms with Gasteiger partial charge in [-0.2, -0.15) is 0 Å². The molecule has 4 aromatic rings. The second kappa shape index (κ2) is 7.13. The van der Waals surface area contributed by atoms with E-state index in [9.17, 15) is 4.79 Å². The van der Waals surface area contributed by atoms with Crippen LogP contribution in [0.2, 0.25) is 5.02 Å². The highest BCUT2D eigenvalue weighted by molar-refractivity contribution is 6.30. The minimum Gasteiger partial charge on any atom is -0.462 e. The van der Waals surface area contributed by atoms with Crippen LogP contribution in [-0.4, -0.2) is 32.2 Å². The molecule has 2 heterocycles. The number of hydrogen-bond acceptors (Lipinski definition) is 5. The van der Waals surface area contributed by atoms with Crippen molar-refractivity contribution < 1.29 is 9.53 Å². The number of nitrogens with one attached hydrogen (secondary N) is 2. The number of carbonyl (C=O) groups is 1. The number of aromatic nitrogens is 4. The van der Waals surface area contributed by atoms with E-state index in [2.05, 4.69) is 20.4 Å². The molecular weight excluding hydrogens is 366 g/mol. The fraction of sp³-hybridized carbons (Fsp3) is 0.105. The number of ether oxygens (including phenoxy) is 1. The molecule has 0 unspecified atom stereocenters. The quantitative estimate of drug-likeness (QED) is 0.503. The minimum atomic E-state index is -0.341.